The van der Waals surface area contributed by atoms with E-state index < -0.39 is 13.5 Å². The minimum absolute atomic E-state index is 0.154. The number of ether oxygens (including phenoxy) is 1. The number of nitrogens with zero attached hydrogens (tertiary/aromatic N) is 3. The Labute approximate surface area is 239 Å². The first-order valence-electron chi connectivity index (χ1n) is 13.1. The van der Waals surface area contributed by atoms with Crippen molar-refractivity contribution in [2.45, 2.75) is 66.5 Å². The molecule has 12 heteroatoms. The highest BCUT2D eigenvalue weighted by Crippen LogP contribution is 2.49. The molecule has 0 amide bonds. The second-order valence-electron chi connectivity index (χ2n) is 11.0. The molecule has 2 unspecified atom stereocenters. The smallest absolute Gasteiger partial charge is 0.413 e. The van der Waals surface area contributed by atoms with Crippen molar-refractivity contribution in [2.24, 2.45) is 5.41 Å². The number of rotatable bonds is 11. The molecule has 4 rings (SSSR count). The molecule has 0 aliphatic carbocycles. The average molecular weight is 590 g/mol. The lowest BCUT2D eigenvalue weighted by atomic mass is 9.89. The monoisotopic (exact) mass is 589 g/mol. The Bertz CT molecular complexity index is 1530. The number of nitrogens with two attached hydrogens (primary N) is 1. The number of hydrogen-bond acceptors (Lipinski definition) is 8. The molecule has 0 bridgehead atoms. The fraction of sp³-hybridized carbons (Fsp3) is 0.429. The normalized spacial score (nSPS) is 16.1. The van der Waals surface area contributed by atoms with Gasteiger partial charge in [0, 0.05) is 23.1 Å². The van der Waals surface area contributed by atoms with Crippen molar-refractivity contribution in [3.05, 3.63) is 59.4 Å². The molecular formula is C28H37ClN5O5P. The Kier molecular flexibility index (Phi) is 8.80. The highest BCUT2D eigenvalue weighted by molar-refractivity contribution is 7.52. The first kappa shape index (κ1) is 30.2. The number of hydrogen-bond donors (Lipinski definition) is 3. The quantitative estimate of drug-likeness (QED) is 0.136. The zero-order chi connectivity index (χ0) is 29.3. The lowest BCUT2D eigenvalue weighted by Crippen LogP contribution is -2.41. The lowest BCUT2D eigenvalue weighted by Gasteiger charge is -2.35. The van der Waals surface area contributed by atoms with Crippen molar-refractivity contribution in [3.63, 3.8) is 0 Å². The average Bonchev–Trinajstić information content (AvgIpc) is 3.21. The van der Waals surface area contributed by atoms with Gasteiger partial charge in [-0.05, 0) is 56.5 Å². The number of aromatic nitrogens is 3. The molecule has 2 aromatic carbocycles. The standard InChI is InChI=1S/C28H37ClN5O5P/c1-7-37-16-23-32-24-25(21-10-8-9-11-22(21)31-26(24)30)34(23)17-28(6,35)39-40(36,33-18(2)27(3,4)5)38-20-14-12-19(29)13-15-20/h8-15,18,35H,7,16-17H2,1-6H3,(H2,30,31)(H,33,36)/t18-,28?,40?/m0/s1. The summed E-state index contributed by atoms with van der Waals surface area (Å²) in [6.07, 6.45) is 0. The summed E-state index contributed by atoms with van der Waals surface area (Å²) in [6, 6.07) is 13.6. The molecule has 2 heterocycles. The van der Waals surface area contributed by atoms with Crippen molar-refractivity contribution in [1.82, 2.24) is 19.6 Å². The van der Waals surface area contributed by atoms with E-state index in [1.165, 1.54) is 6.92 Å². The Morgan fingerprint density at radius 2 is 1.80 bits per heavy atom. The number of nitrogens with one attached hydrogen (secondary N) is 1. The molecule has 0 fully saturated rings. The summed E-state index contributed by atoms with van der Waals surface area (Å²) in [5.41, 5.74) is 7.81. The molecule has 0 aliphatic heterocycles. The maximum absolute atomic E-state index is 14.2. The van der Waals surface area contributed by atoms with Crippen molar-refractivity contribution >= 4 is 47.1 Å². The Balaban J connectivity index is 1.76. The number of imidazole rings is 1. The van der Waals surface area contributed by atoms with Gasteiger partial charge in [-0.15, -0.1) is 0 Å². The molecule has 40 heavy (non-hydrogen) atoms. The van der Waals surface area contributed by atoms with E-state index in [0.717, 1.165) is 5.39 Å². The molecule has 10 nitrogen and oxygen atoms in total. The number of nitrogen functional groups attached to an aromatic ring is 1. The Morgan fingerprint density at radius 1 is 1.12 bits per heavy atom. The molecule has 0 saturated carbocycles. The Morgan fingerprint density at radius 3 is 2.45 bits per heavy atom. The largest absolute Gasteiger partial charge is 0.461 e. The molecular weight excluding hydrogens is 553 g/mol. The summed E-state index contributed by atoms with van der Waals surface area (Å²) >= 11 is 6.02. The van der Waals surface area contributed by atoms with Crippen LogP contribution in [-0.4, -0.2) is 38.1 Å². The van der Waals surface area contributed by atoms with E-state index >= 15 is 0 Å². The minimum atomic E-state index is -4.15. The highest BCUT2D eigenvalue weighted by Gasteiger charge is 2.41. The van der Waals surface area contributed by atoms with Crippen LogP contribution in [0.5, 0.6) is 5.75 Å². The second kappa shape index (κ2) is 11.6. The van der Waals surface area contributed by atoms with Crippen LogP contribution in [-0.2, 0) is 27.0 Å². The summed E-state index contributed by atoms with van der Waals surface area (Å²) in [5.74, 6) is -0.953. The second-order valence-corrected chi connectivity index (χ2v) is 13.0. The molecule has 0 aliphatic rings. The van der Waals surface area contributed by atoms with Crippen molar-refractivity contribution in [3.8, 4) is 5.75 Å². The predicted molar refractivity (Wildman–Crippen MR) is 158 cm³/mol. The van der Waals surface area contributed by atoms with E-state index in [4.69, 9.17) is 36.1 Å². The highest BCUT2D eigenvalue weighted by atomic mass is 35.5. The van der Waals surface area contributed by atoms with Gasteiger partial charge in [0.2, 0.25) is 0 Å². The van der Waals surface area contributed by atoms with E-state index in [9.17, 15) is 9.67 Å². The number of fused-ring (bicyclic) bond motifs is 3. The van der Waals surface area contributed by atoms with Gasteiger partial charge < -0.3 is 24.7 Å². The maximum Gasteiger partial charge on any atom is 0.461 e. The maximum atomic E-state index is 14.2. The lowest BCUT2D eigenvalue weighted by molar-refractivity contribution is -0.137. The number of halogens is 1. The SMILES string of the molecule is CCOCc1nc2c(N)nc3ccccc3c2n1CC(C)(O)OP(=O)(N[C@@H](C)C(C)(C)C)Oc1ccc(Cl)cc1. The summed E-state index contributed by atoms with van der Waals surface area (Å²) in [6.45, 7) is 11.6. The third-order valence-electron chi connectivity index (χ3n) is 6.58. The number of pyridine rings is 1. The van der Waals surface area contributed by atoms with Gasteiger partial charge in [0.05, 0.1) is 17.6 Å². The van der Waals surface area contributed by atoms with E-state index in [-0.39, 0.29) is 36.2 Å². The Hall–Kier alpha value is -2.72. The topological polar surface area (TPSA) is 134 Å². The van der Waals surface area contributed by atoms with Gasteiger partial charge in [-0.1, -0.05) is 50.6 Å². The van der Waals surface area contributed by atoms with Crippen LogP contribution in [0, 0.1) is 5.41 Å². The summed E-state index contributed by atoms with van der Waals surface area (Å²) in [7, 11) is -4.15. The number of benzene rings is 2. The van der Waals surface area contributed by atoms with Gasteiger partial charge in [-0.3, -0.25) is 4.52 Å². The third-order valence-corrected chi connectivity index (χ3v) is 8.62. The third kappa shape index (κ3) is 6.94. The fourth-order valence-corrected chi connectivity index (χ4v) is 6.20. The molecule has 0 radical (unpaired) electrons. The van der Waals surface area contributed by atoms with Crippen LogP contribution in [0.2, 0.25) is 5.02 Å². The van der Waals surface area contributed by atoms with Gasteiger partial charge in [-0.2, -0.15) is 0 Å². The van der Waals surface area contributed by atoms with Crippen LogP contribution in [0.25, 0.3) is 21.9 Å². The van der Waals surface area contributed by atoms with E-state index in [1.54, 1.807) is 28.8 Å². The first-order valence-corrected chi connectivity index (χ1v) is 15.0. The van der Waals surface area contributed by atoms with Gasteiger partial charge in [-0.25, -0.2) is 19.6 Å². The van der Waals surface area contributed by atoms with Crippen LogP contribution in [0.15, 0.2) is 48.5 Å². The van der Waals surface area contributed by atoms with Crippen molar-refractivity contribution in [2.75, 3.05) is 12.3 Å². The molecule has 0 saturated heterocycles. The van der Waals surface area contributed by atoms with Crippen LogP contribution in [0.3, 0.4) is 0 Å². The van der Waals surface area contributed by atoms with Crippen LogP contribution < -0.4 is 15.3 Å². The van der Waals surface area contributed by atoms with Gasteiger partial charge in [0.15, 0.2) is 11.6 Å². The van der Waals surface area contributed by atoms with Crippen molar-refractivity contribution < 1.29 is 23.5 Å². The summed E-state index contributed by atoms with van der Waals surface area (Å²) in [4.78, 5) is 9.18. The van der Waals surface area contributed by atoms with E-state index in [2.05, 4.69) is 10.1 Å². The zero-order valence-corrected chi connectivity index (χ0v) is 25.3. The number of aliphatic hydroxyl groups is 1. The molecule has 2 aromatic heterocycles. The van der Waals surface area contributed by atoms with E-state index in [0.29, 0.717) is 34.0 Å². The molecule has 4 aromatic rings. The fourth-order valence-electron chi connectivity index (χ4n) is 4.10. The summed E-state index contributed by atoms with van der Waals surface area (Å²) in [5, 5.41) is 15.9. The van der Waals surface area contributed by atoms with Crippen molar-refractivity contribution in [1.29, 1.82) is 0 Å². The van der Waals surface area contributed by atoms with E-state index in [1.807, 2.05) is 58.9 Å². The number of anilines is 1. The predicted octanol–water partition coefficient (Wildman–Crippen LogP) is 6.29. The van der Waals surface area contributed by atoms with Crippen LogP contribution in [0.1, 0.15) is 47.4 Å². The van der Waals surface area contributed by atoms with Gasteiger partial charge in [0.25, 0.3) is 0 Å². The molecule has 3 atom stereocenters. The van der Waals surface area contributed by atoms with Crippen LogP contribution in [0.4, 0.5) is 5.82 Å². The zero-order valence-electron chi connectivity index (χ0n) is 23.6. The minimum Gasteiger partial charge on any atom is -0.413 e. The number of para-hydroxylation sites is 1. The molecule has 4 N–H and O–H groups in total. The summed E-state index contributed by atoms with van der Waals surface area (Å²) < 4.78 is 33.5. The van der Waals surface area contributed by atoms with Gasteiger partial charge in [0.1, 0.15) is 23.7 Å². The van der Waals surface area contributed by atoms with Gasteiger partial charge >= 0.3 is 7.75 Å². The van der Waals surface area contributed by atoms with Crippen LogP contribution >= 0.6 is 19.3 Å². The first-order chi connectivity index (χ1) is 18.7. The molecule has 216 valence electrons. The molecule has 0 spiro atoms.